The molecule has 0 aromatic heterocycles. The minimum absolute atomic E-state index is 0. The average molecular weight is 943 g/mol. The van der Waals surface area contributed by atoms with E-state index < -0.39 is 17.2 Å². The van der Waals surface area contributed by atoms with Crippen molar-refractivity contribution in [3.8, 4) is 0 Å². The molecule has 0 spiro atoms. The fourth-order valence-corrected chi connectivity index (χ4v) is 12.7. The first-order chi connectivity index (χ1) is 28.4. The zero-order chi connectivity index (χ0) is 46.3. The number of rotatable bonds is 1. The first-order valence-corrected chi connectivity index (χ1v) is 22.5. The number of carbonyl (C=O) groups is 5. The minimum Gasteiger partial charge on any atom is -0.394 e. The van der Waals surface area contributed by atoms with E-state index in [1.807, 2.05) is 83.1 Å². The molecule has 381 valence electrons. The Labute approximate surface area is 406 Å². The largest absolute Gasteiger partial charge is 0.394 e. The topological polar surface area (TPSA) is 167 Å². The number of hydrogen-bond donors (Lipinski definition) is 2. The summed E-state index contributed by atoms with van der Waals surface area (Å²) in [5.74, 6) is 1.60. The summed E-state index contributed by atoms with van der Waals surface area (Å²) >= 11 is 0. The quantitative estimate of drug-likeness (QED) is 0.283. The van der Waals surface area contributed by atoms with E-state index in [2.05, 4.69) is 53.8 Å². The molecule has 15 nitrogen and oxygen atoms in total. The van der Waals surface area contributed by atoms with Gasteiger partial charge >= 0.3 is 0 Å². The number of aliphatic hydroxyl groups is 1. The minimum atomic E-state index is -0.421. The number of amides is 5. The van der Waals surface area contributed by atoms with Crippen LogP contribution in [0.2, 0.25) is 0 Å². The first-order valence-electron chi connectivity index (χ1n) is 22.5. The van der Waals surface area contributed by atoms with Gasteiger partial charge in [-0.3, -0.25) is 24.0 Å². The Bertz CT molecular complexity index is 1970. The summed E-state index contributed by atoms with van der Waals surface area (Å²) in [5, 5.41) is 11.9. The standard InChI is InChI=1S/C12H19NO2.C9H15NO2.C9H13NO2.C9H15NO2.C8H11NO2.4CH4.B/c1-10(2)8-9(14)13-7(12(8,10)5)6-15-11(13,3)4;2*1-6-4-8(11)10-7(6)5-12-9(10,2)3;1-8(2)6-7(12)10-5(4-11)9(6,8)3;1-8(2)9-6(5-11-8)3-4-7(9)10;;;;;/h7-8H,6H2,1-5H3;6-7H,4-5H2,1-3H3;4,7H,5H2,1-3H3;5-6,11H,4H2,1-3H3,(H,10,12);3-4,6H,5H2,1-2H3;4*1H4;. The van der Waals surface area contributed by atoms with E-state index >= 15 is 0 Å². The number of aliphatic hydroxyl groups excluding tert-OH is 1. The third kappa shape index (κ3) is 8.83. The molecule has 9 heterocycles. The molecule has 67 heavy (non-hydrogen) atoms. The summed E-state index contributed by atoms with van der Waals surface area (Å²) in [6.07, 6.45) is 5.92. The maximum absolute atomic E-state index is 12.3. The number of carbonyl (C=O) groups excluding carboxylic acids is 5. The fourth-order valence-electron chi connectivity index (χ4n) is 12.7. The van der Waals surface area contributed by atoms with Gasteiger partial charge in [-0.15, -0.1) is 0 Å². The van der Waals surface area contributed by atoms with Gasteiger partial charge < -0.3 is 49.0 Å². The highest BCUT2D eigenvalue weighted by Crippen LogP contribution is 2.76. The van der Waals surface area contributed by atoms with Crippen molar-refractivity contribution in [3.63, 3.8) is 0 Å². The molecule has 0 aromatic rings. The molecule has 10 unspecified atom stereocenters. The number of nitrogens with one attached hydrogen (secondary N) is 1. The lowest BCUT2D eigenvalue weighted by atomic mass is 9.90. The van der Waals surface area contributed by atoms with Crippen LogP contribution in [0.4, 0.5) is 0 Å². The Balaban J connectivity index is 0.000000283. The molecule has 9 aliphatic heterocycles. The molecule has 2 aliphatic carbocycles. The Morgan fingerprint density at radius 3 is 1.63 bits per heavy atom. The molecular weight excluding hydrogens is 853 g/mol. The summed E-state index contributed by atoms with van der Waals surface area (Å²) in [5.41, 5.74) is -0.123. The van der Waals surface area contributed by atoms with Crippen LogP contribution in [-0.4, -0.2) is 149 Å². The van der Waals surface area contributed by atoms with Crippen LogP contribution in [0, 0.1) is 39.4 Å². The van der Waals surface area contributed by atoms with E-state index in [-0.39, 0.29) is 126 Å². The van der Waals surface area contributed by atoms with Gasteiger partial charge in [-0.25, -0.2) is 0 Å². The molecule has 0 bridgehead atoms. The molecule has 11 aliphatic rings. The number of nitrogens with zero attached hydrogens (tertiary/aromatic N) is 4. The number of hydrogen-bond acceptors (Lipinski definition) is 10. The molecule has 2 saturated carbocycles. The SMILES string of the molecule is C.C.C.C.CC1(C)C2C(=O)NC(CO)C21C.CC1(C)OCC2C=CC(=O)N21.CC1(C)OCC2N1C(=O)C1C(C)(C)C21C.CC1=CC(=O)N2C1COC2(C)C.CC1CC(=O)N2C1COC2(C)C.[B]. The zero-order valence-corrected chi connectivity index (χ0v) is 40.6. The molecule has 0 aromatic carbocycles. The number of ether oxygens (including phenoxy) is 4. The summed E-state index contributed by atoms with van der Waals surface area (Å²) in [6.45, 7) is 35.4. The van der Waals surface area contributed by atoms with Crippen molar-refractivity contribution < 1.29 is 48.0 Å². The van der Waals surface area contributed by atoms with E-state index in [0.717, 1.165) is 5.57 Å². The van der Waals surface area contributed by atoms with Crippen molar-refractivity contribution in [2.45, 2.75) is 200 Å². The van der Waals surface area contributed by atoms with Crippen molar-refractivity contribution in [2.24, 2.45) is 39.4 Å². The van der Waals surface area contributed by atoms with Gasteiger partial charge in [-0.1, -0.05) is 84.2 Å². The van der Waals surface area contributed by atoms with E-state index in [1.54, 1.807) is 17.1 Å². The van der Waals surface area contributed by atoms with Gasteiger partial charge in [0.05, 0.1) is 75.1 Å². The third-order valence-corrected chi connectivity index (χ3v) is 17.2. The van der Waals surface area contributed by atoms with Crippen molar-refractivity contribution in [1.29, 1.82) is 0 Å². The normalized spacial score (nSPS) is 37.9. The van der Waals surface area contributed by atoms with Gasteiger partial charge in [-0.2, -0.15) is 0 Å². The van der Waals surface area contributed by atoms with Crippen molar-refractivity contribution in [3.05, 3.63) is 23.8 Å². The molecule has 3 radical (unpaired) electrons. The highest BCUT2D eigenvalue weighted by atomic mass is 16.5. The van der Waals surface area contributed by atoms with Gasteiger partial charge in [0, 0.05) is 37.8 Å². The molecule has 16 heteroatoms. The van der Waals surface area contributed by atoms with Gasteiger partial charge in [0.25, 0.3) is 0 Å². The predicted molar refractivity (Wildman–Crippen MR) is 262 cm³/mol. The highest BCUT2D eigenvalue weighted by molar-refractivity contribution is 5.93. The lowest BCUT2D eigenvalue weighted by Crippen LogP contribution is -2.48. The van der Waals surface area contributed by atoms with Gasteiger partial charge in [0.2, 0.25) is 29.5 Å². The lowest BCUT2D eigenvalue weighted by molar-refractivity contribution is -0.146. The Morgan fingerprint density at radius 1 is 0.642 bits per heavy atom. The van der Waals surface area contributed by atoms with Crippen LogP contribution in [0.3, 0.4) is 0 Å². The van der Waals surface area contributed by atoms with Crippen LogP contribution >= 0.6 is 0 Å². The molecule has 9 fully saturated rings. The van der Waals surface area contributed by atoms with E-state index in [9.17, 15) is 24.0 Å². The monoisotopic (exact) mass is 943 g/mol. The van der Waals surface area contributed by atoms with Crippen LogP contribution in [0.5, 0.6) is 0 Å². The molecular formula is C51H89BN5O10. The lowest BCUT2D eigenvalue weighted by Gasteiger charge is -2.34. The molecule has 10 atom stereocenters. The summed E-state index contributed by atoms with van der Waals surface area (Å²) < 4.78 is 22.2. The van der Waals surface area contributed by atoms with Crippen LogP contribution in [-0.2, 0) is 42.9 Å². The Kier molecular flexibility index (Phi) is 16.8. The van der Waals surface area contributed by atoms with Crippen LogP contribution in [0.15, 0.2) is 23.8 Å². The zero-order valence-electron chi connectivity index (χ0n) is 40.6. The van der Waals surface area contributed by atoms with Crippen molar-refractivity contribution >= 4 is 37.9 Å². The smallest absolute Gasteiger partial charge is 0.249 e. The van der Waals surface area contributed by atoms with Crippen molar-refractivity contribution in [1.82, 2.24) is 24.9 Å². The second-order valence-corrected chi connectivity index (χ2v) is 22.6. The second-order valence-electron chi connectivity index (χ2n) is 22.6. The second kappa shape index (κ2) is 18.8. The van der Waals surface area contributed by atoms with Gasteiger partial charge in [-0.05, 0) is 84.6 Å². The molecule has 2 N–H and O–H groups in total. The maximum Gasteiger partial charge on any atom is 0.249 e. The maximum atomic E-state index is 12.3. The fraction of sp³-hybridized carbons (Fsp3) is 0.824. The highest BCUT2D eigenvalue weighted by Gasteiger charge is 2.82. The Morgan fingerprint density at radius 2 is 1.13 bits per heavy atom. The van der Waals surface area contributed by atoms with Crippen LogP contribution in [0.1, 0.15) is 147 Å². The average Bonchev–Trinajstić information content (AvgIpc) is 3.87. The van der Waals surface area contributed by atoms with E-state index in [1.165, 1.54) is 0 Å². The molecule has 7 saturated heterocycles. The van der Waals surface area contributed by atoms with Gasteiger partial charge in [0.15, 0.2) is 0 Å². The number of piperidine rings is 2. The van der Waals surface area contributed by atoms with Crippen molar-refractivity contribution in [2.75, 3.05) is 33.0 Å². The Hall–Kier alpha value is -3.31. The predicted octanol–water partition coefficient (Wildman–Crippen LogP) is 6.35. The molecule has 11 rings (SSSR count). The number of fused-ring (bicyclic) bond motifs is 7. The molecule has 5 amide bonds. The third-order valence-electron chi connectivity index (χ3n) is 17.2. The summed E-state index contributed by atoms with van der Waals surface area (Å²) in [6, 6.07) is 0.947. The van der Waals surface area contributed by atoms with Gasteiger partial charge in [0.1, 0.15) is 22.9 Å². The van der Waals surface area contributed by atoms with Crippen LogP contribution < -0.4 is 5.32 Å². The summed E-state index contributed by atoms with van der Waals surface area (Å²) in [7, 11) is 0. The first kappa shape index (κ1) is 59.8. The van der Waals surface area contributed by atoms with E-state index in [0.29, 0.717) is 56.8 Å². The summed E-state index contributed by atoms with van der Waals surface area (Å²) in [4.78, 5) is 65.4. The van der Waals surface area contributed by atoms with E-state index in [4.69, 9.17) is 24.1 Å². The van der Waals surface area contributed by atoms with Crippen LogP contribution in [0.25, 0.3) is 0 Å².